The van der Waals surface area contributed by atoms with E-state index in [9.17, 15) is 4.79 Å². The Hall–Kier alpha value is -1.73. The van der Waals surface area contributed by atoms with Crippen molar-refractivity contribution in [2.24, 2.45) is 4.99 Å². The molecule has 2 aliphatic rings. The average Bonchev–Trinajstić information content (AvgIpc) is 3.26. The predicted octanol–water partition coefficient (Wildman–Crippen LogP) is 4.56. The SMILES string of the molecule is O=C1N=C(N2CCOCC2)S/C1=C\c1ccc(-c2cccc(Cl)c2Cl)o1. The van der Waals surface area contributed by atoms with Crippen LogP contribution in [-0.4, -0.2) is 42.3 Å². The highest BCUT2D eigenvalue weighted by atomic mass is 35.5. The Balaban J connectivity index is 1.54. The number of aliphatic imine (C=N–C) groups is 1. The molecule has 0 radical (unpaired) electrons. The lowest BCUT2D eigenvalue weighted by molar-refractivity contribution is -0.113. The second-order valence-electron chi connectivity index (χ2n) is 5.71. The molecule has 0 aliphatic carbocycles. The van der Waals surface area contributed by atoms with Crippen LogP contribution < -0.4 is 0 Å². The minimum atomic E-state index is -0.254. The molecule has 26 heavy (non-hydrogen) atoms. The maximum absolute atomic E-state index is 12.2. The highest BCUT2D eigenvalue weighted by Crippen LogP contribution is 2.36. The summed E-state index contributed by atoms with van der Waals surface area (Å²) < 4.78 is 11.2. The summed E-state index contributed by atoms with van der Waals surface area (Å²) in [5.74, 6) is 0.898. The number of nitrogens with zero attached hydrogens (tertiary/aromatic N) is 2. The summed E-state index contributed by atoms with van der Waals surface area (Å²) >= 11 is 13.6. The Morgan fingerprint density at radius 3 is 2.77 bits per heavy atom. The van der Waals surface area contributed by atoms with Gasteiger partial charge in [0.05, 0.1) is 28.2 Å². The van der Waals surface area contributed by atoms with Crippen LogP contribution >= 0.6 is 35.0 Å². The molecular weight excluding hydrogens is 395 g/mol. The second kappa shape index (κ2) is 7.48. The molecule has 1 amide bonds. The van der Waals surface area contributed by atoms with Gasteiger partial charge in [-0.2, -0.15) is 4.99 Å². The third kappa shape index (κ3) is 3.55. The Morgan fingerprint density at radius 1 is 1.15 bits per heavy atom. The van der Waals surface area contributed by atoms with E-state index < -0.39 is 0 Å². The molecule has 1 aromatic carbocycles. The summed E-state index contributed by atoms with van der Waals surface area (Å²) in [6.07, 6.45) is 1.70. The molecule has 0 atom stereocenters. The van der Waals surface area contributed by atoms with E-state index in [-0.39, 0.29) is 5.91 Å². The molecule has 0 bridgehead atoms. The number of hydrogen-bond acceptors (Lipinski definition) is 5. The lowest BCUT2D eigenvalue weighted by Gasteiger charge is -2.27. The number of benzene rings is 1. The normalized spacial score (nSPS) is 19.3. The summed E-state index contributed by atoms with van der Waals surface area (Å²) in [6.45, 7) is 2.78. The van der Waals surface area contributed by atoms with Crippen LogP contribution in [0.15, 0.2) is 44.6 Å². The Kier molecular flexibility index (Phi) is 5.09. The standard InChI is InChI=1S/C18H14Cl2N2O3S/c19-13-3-1-2-12(16(13)20)14-5-4-11(25-14)10-15-17(23)21-18(26-15)22-6-8-24-9-7-22/h1-5,10H,6-9H2/b15-10-. The second-order valence-corrected chi connectivity index (χ2v) is 7.51. The molecule has 0 saturated carbocycles. The number of amidine groups is 1. The average molecular weight is 409 g/mol. The van der Waals surface area contributed by atoms with Crippen molar-refractivity contribution in [1.29, 1.82) is 0 Å². The van der Waals surface area contributed by atoms with Gasteiger partial charge in [0.15, 0.2) is 5.17 Å². The van der Waals surface area contributed by atoms with E-state index in [1.165, 1.54) is 11.8 Å². The number of carbonyl (C=O) groups excluding carboxylic acids is 1. The van der Waals surface area contributed by atoms with Gasteiger partial charge in [-0.05, 0) is 36.0 Å². The molecule has 1 aromatic heterocycles. The van der Waals surface area contributed by atoms with Crippen molar-refractivity contribution in [2.75, 3.05) is 26.3 Å². The zero-order valence-corrected chi connectivity index (χ0v) is 15.9. The van der Waals surface area contributed by atoms with Gasteiger partial charge in [0.2, 0.25) is 0 Å². The minimum absolute atomic E-state index is 0.254. The van der Waals surface area contributed by atoms with Crippen molar-refractivity contribution in [3.05, 3.63) is 51.0 Å². The number of carbonyl (C=O) groups is 1. The van der Waals surface area contributed by atoms with E-state index in [1.807, 2.05) is 12.1 Å². The minimum Gasteiger partial charge on any atom is -0.457 e. The maximum Gasteiger partial charge on any atom is 0.286 e. The topological polar surface area (TPSA) is 55.0 Å². The zero-order valence-electron chi connectivity index (χ0n) is 13.6. The van der Waals surface area contributed by atoms with E-state index >= 15 is 0 Å². The molecule has 4 rings (SSSR count). The third-order valence-electron chi connectivity index (χ3n) is 4.01. The van der Waals surface area contributed by atoms with Crippen molar-refractivity contribution in [3.8, 4) is 11.3 Å². The van der Waals surface area contributed by atoms with Crippen LogP contribution in [0.5, 0.6) is 0 Å². The first-order chi connectivity index (χ1) is 12.6. The monoisotopic (exact) mass is 408 g/mol. The van der Waals surface area contributed by atoms with Gasteiger partial charge >= 0.3 is 0 Å². The van der Waals surface area contributed by atoms with Gasteiger partial charge in [0.25, 0.3) is 5.91 Å². The van der Waals surface area contributed by atoms with Crippen LogP contribution in [0.2, 0.25) is 10.0 Å². The summed E-state index contributed by atoms with van der Waals surface area (Å²) in [6, 6.07) is 8.96. The van der Waals surface area contributed by atoms with Gasteiger partial charge in [0, 0.05) is 24.7 Å². The smallest absolute Gasteiger partial charge is 0.286 e. The molecular formula is C18H14Cl2N2O3S. The van der Waals surface area contributed by atoms with Crippen molar-refractivity contribution in [1.82, 2.24) is 4.90 Å². The largest absolute Gasteiger partial charge is 0.457 e. The molecule has 2 aliphatic heterocycles. The number of halogens is 2. The van der Waals surface area contributed by atoms with E-state index in [0.717, 1.165) is 13.1 Å². The first-order valence-corrected chi connectivity index (χ1v) is 9.58. The fraction of sp³-hybridized carbons (Fsp3) is 0.222. The van der Waals surface area contributed by atoms with Gasteiger partial charge in [0.1, 0.15) is 11.5 Å². The first-order valence-electron chi connectivity index (χ1n) is 8.01. The highest BCUT2D eigenvalue weighted by Gasteiger charge is 2.27. The maximum atomic E-state index is 12.2. The Bertz CT molecular complexity index is 917. The molecule has 2 aromatic rings. The number of amides is 1. The van der Waals surface area contributed by atoms with E-state index in [2.05, 4.69) is 9.89 Å². The van der Waals surface area contributed by atoms with Crippen molar-refractivity contribution >= 4 is 52.1 Å². The summed E-state index contributed by atoms with van der Waals surface area (Å²) in [5, 5.41) is 1.62. The van der Waals surface area contributed by atoms with Crippen LogP contribution in [-0.2, 0) is 9.53 Å². The summed E-state index contributed by atoms with van der Waals surface area (Å²) in [7, 11) is 0. The van der Waals surface area contributed by atoms with Gasteiger partial charge in [-0.1, -0.05) is 29.3 Å². The molecule has 0 spiro atoms. The van der Waals surface area contributed by atoms with Crippen molar-refractivity contribution in [2.45, 2.75) is 0 Å². The van der Waals surface area contributed by atoms with Crippen LogP contribution in [0.25, 0.3) is 17.4 Å². The lowest BCUT2D eigenvalue weighted by atomic mass is 10.2. The van der Waals surface area contributed by atoms with E-state index in [4.69, 9.17) is 32.4 Å². The molecule has 0 unspecified atom stereocenters. The van der Waals surface area contributed by atoms with Gasteiger partial charge < -0.3 is 14.1 Å². The number of hydrogen-bond donors (Lipinski definition) is 0. The quantitative estimate of drug-likeness (QED) is 0.681. The van der Waals surface area contributed by atoms with Crippen LogP contribution in [0.3, 0.4) is 0 Å². The number of ether oxygens (including phenoxy) is 1. The number of thioether (sulfide) groups is 1. The van der Waals surface area contributed by atoms with Gasteiger partial charge in [-0.15, -0.1) is 0 Å². The Labute approximate surface area is 164 Å². The fourth-order valence-electron chi connectivity index (χ4n) is 2.69. The van der Waals surface area contributed by atoms with Crippen LogP contribution in [0.4, 0.5) is 0 Å². The number of morpholine rings is 1. The summed E-state index contributed by atoms with van der Waals surface area (Å²) in [4.78, 5) is 18.9. The number of furan rings is 1. The Morgan fingerprint density at radius 2 is 1.96 bits per heavy atom. The summed E-state index contributed by atoms with van der Waals surface area (Å²) in [5.41, 5.74) is 0.708. The molecule has 8 heteroatoms. The van der Waals surface area contributed by atoms with Crippen LogP contribution in [0.1, 0.15) is 5.76 Å². The zero-order chi connectivity index (χ0) is 18.1. The highest BCUT2D eigenvalue weighted by molar-refractivity contribution is 8.18. The molecule has 134 valence electrons. The fourth-order valence-corrected chi connectivity index (χ4v) is 4.02. The van der Waals surface area contributed by atoms with Gasteiger partial charge in [-0.25, -0.2) is 0 Å². The van der Waals surface area contributed by atoms with Gasteiger partial charge in [-0.3, -0.25) is 4.79 Å². The van der Waals surface area contributed by atoms with E-state index in [1.54, 1.807) is 24.3 Å². The molecule has 1 fully saturated rings. The first kappa shape index (κ1) is 17.7. The number of rotatable bonds is 2. The van der Waals surface area contributed by atoms with Crippen LogP contribution in [0, 0.1) is 0 Å². The molecule has 0 N–H and O–H groups in total. The molecule has 1 saturated heterocycles. The lowest BCUT2D eigenvalue weighted by Crippen LogP contribution is -2.38. The van der Waals surface area contributed by atoms with Crippen molar-refractivity contribution < 1.29 is 13.9 Å². The van der Waals surface area contributed by atoms with Crippen molar-refractivity contribution in [3.63, 3.8) is 0 Å². The molecule has 3 heterocycles. The molecule has 5 nitrogen and oxygen atoms in total. The van der Waals surface area contributed by atoms with E-state index in [0.29, 0.717) is 50.4 Å². The predicted molar refractivity (Wildman–Crippen MR) is 105 cm³/mol. The third-order valence-corrected chi connectivity index (χ3v) is 5.87.